The highest BCUT2D eigenvalue weighted by Crippen LogP contribution is 2.13. The van der Waals surface area contributed by atoms with Crippen molar-refractivity contribution in [3.05, 3.63) is 56.4 Å². The van der Waals surface area contributed by atoms with E-state index < -0.39 is 4.92 Å². The van der Waals surface area contributed by atoms with Gasteiger partial charge in [0.25, 0.3) is 11.4 Å². The molecule has 0 aliphatic carbocycles. The Labute approximate surface area is 108 Å². The quantitative estimate of drug-likeness (QED) is 0.283. The third-order valence-corrected chi connectivity index (χ3v) is 2.85. The summed E-state index contributed by atoms with van der Waals surface area (Å²) in [4.78, 5) is 11.7. The third-order valence-electron chi connectivity index (χ3n) is 2.56. The summed E-state index contributed by atoms with van der Waals surface area (Å²) in [6, 6.07) is 3.23. The molecule has 7 nitrogen and oxygen atoms in total. The number of nitro groups is 1. The van der Waals surface area contributed by atoms with E-state index in [0.29, 0.717) is 30.2 Å². The SMILES string of the molecule is O=[N+]([O-])C=C1NCCN1Cc1ccc(Cl)[n+]([O-])c1. The lowest BCUT2D eigenvalue weighted by atomic mass is 10.2. The highest BCUT2D eigenvalue weighted by Gasteiger charge is 2.20. The summed E-state index contributed by atoms with van der Waals surface area (Å²) in [6.45, 7) is 1.72. The molecule has 1 aromatic heterocycles. The van der Waals surface area contributed by atoms with Crippen molar-refractivity contribution < 1.29 is 9.65 Å². The van der Waals surface area contributed by atoms with Crippen LogP contribution in [0.1, 0.15) is 5.56 Å². The second-order valence-corrected chi connectivity index (χ2v) is 4.22. The average molecular weight is 271 g/mol. The molecule has 0 amide bonds. The van der Waals surface area contributed by atoms with Crippen molar-refractivity contribution in [2.45, 2.75) is 6.54 Å². The van der Waals surface area contributed by atoms with Gasteiger partial charge in [-0.15, -0.1) is 0 Å². The van der Waals surface area contributed by atoms with Gasteiger partial charge in [-0.05, 0) is 17.7 Å². The Morgan fingerprint density at radius 2 is 2.39 bits per heavy atom. The summed E-state index contributed by atoms with van der Waals surface area (Å²) in [5.41, 5.74) is 0.743. The lowest BCUT2D eigenvalue weighted by molar-refractivity contribution is -0.603. The molecule has 18 heavy (non-hydrogen) atoms. The molecule has 1 saturated heterocycles. The van der Waals surface area contributed by atoms with Crippen LogP contribution in [0.15, 0.2) is 30.4 Å². The lowest BCUT2D eigenvalue weighted by Crippen LogP contribution is -2.29. The highest BCUT2D eigenvalue weighted by molar-refractivity contribution is 6.28. The number of rotatable bonds is 3. The zero-order valence-electron chi connectivity index (χ0n) is 9.38. The number of pyridine rings is 1. The first kappa shape index (κ1) is 12.4. The van der Waals surface area contributed by atoms with E-state index in [-0.39, 0.29) is 5.15 Å². The molecule has 1 aliphatic rings. The highest BCUT2D eigenvalue weighted by atomic mass is 35.5. The summed E-state index contributed by atoms with van der Waals surface area (Å²) in [5, 5.41) is 24.8. The van der Waals surface area contributed by atoms with E-state index in [0.717, 1.165) is 11.8 Å². The van der Waals surface area contributed by atoms with Gasteiger partial charge in [0.15, 0.2) is 12.0 Å². The predicted molar refractivity (Wildman–Crippen MR) is 63.9 cm³/mol. The van der Waals surface area contributed by atoms with Crippen molar-refractivity contribution in [1.29, 1.82) is 0 Å². The van der Waals surface area contributed by atoms with E-state index in [4.69, 9.17) is 11.6 Å². The fraction of sp³-hybridized carbons (Fsp3) is 0.300. The van der Waals surface area contributed by atoms with Crippen LogP contribution in [0.2, 0.25) is 5.15 Å². The van der Waals surface area contributed by atoms with Gasteiger partial charge in [0.1, 0.15) is 0 Å². The Kier molecular flexibility index (Phi) is 3.52. The average Bonchev–Trinajstić information content (AvgIpc) is 2.70. The third kappa shape index (κ3) is 2.80. The predicted octanol–water partition coefficient (Wildman–Crippen LogP) is 0.454. The van der Waals surface area contributed by atoms with Gasteiger partial charge in [-0.2, -0.15) is 4.73 Å². The molecule has 0 bridgehead atoms. The van der Waals surface area contributed by atoms with Gasteiger partial charge in [-0.25, -0.2) is 0 Å². The summed E-state index contributed by atoms with van der Waals surface area (Å²) in [6.07, 6.45) is 2.29. The smallest absolute Gasteiger partial charge is 0.286 e. The summed E-state index contributed by atoms with van der Waals surface area (Å²) in [5.74, 6) is 0.451. The minimum Gasteiger partial charge on any atom is -0.618 e. The Morgan fingerprint density at radius 1 is 1.61 bits per heavy atom. The first-order valence-corrected chi connectivity index (χ1v) is 5.66. The van der Waals surface area contributed by atoms with Gasteiger partial charge >= 0.3 is 0 Å². The van der Waals surface area contributed by atoms with Crippen molar-refractivity contribution in [2.75, 3.05) is 13.1 Å². The molecular formula is C10H11ClN4O3. The van der Waals surface area contributed by atoms with Crippen molar-refractivity contribution in [2.24, 2.45) is 0 Å². The maximum atomic E-state index is 11.3. The number of halogens is 1. The molecule has 0 spiro atoms. The molecule has 8 heteroatoms. The van der Waals surface area contributed by atoms with Crippen molar-refractivity contribution >= 4 is 11.6 Å². The van der Waals surface area contributed by atoms with Crippen LogP contribution < -0.4 is 10.0 Å². The second kappa shape index (κ2) is 5.09. The Morgan fingerprint density at radius 3 is 3.06 bits per heavy atom. The second-order valence-electron chi connectivity index (χ2n) is 3.83. The van der Waals surface area contributed by atoms with Crippen molar-refractivity contribution in [1.82, 2.24) is 10.2 Å². The zero-order valence-corrected chi connectivity index (χ0v) is 10.1. The number of nitrogens with one attached hydrogen (secondary N) is 1. The van der Waals surface area contributed by atoms with Crippen LogP contribution in [0.3, 0.4) is 0 Å². The normalized spacial score (nSPS) is 16.9. The van der Waals surface area contributed by atoms with Gasteiger partial charge in [-0.1, -0.05) is 0 Å². The Hall–Kier alpha value is -2.02. The minimum absolute atomic E-state index is 0.0966. The van der Waals surface area contributed by atoms with E-state index in [1.807, 2.05) is 0 Å². The van der Waals surface area contributed by atoms with E-state index in [9.17, 15) is 15.3 Å². The van der Waals surface area contributed by atoms with Gasteiger partial charge in [0, 0.05) is 24.7 Å². The van der Waals surface area contributed by atoms with Crippen molar-refractivity contribution in [3.8, 4) is 0 Å². The maximum Gasteiger partial charge on any atom is 0.286 e. The molecule has 0 unspecified atom stereocenters. The van der Waals surface area contributed by atoms with Gasteiger partial charge in [-0.3, -0.25) is 10.1 Å². The number of hydrogen-bond acceptors (Lipinski definition) is 5. The van der Waals surface area contributed by atoms with Crippen LogP contribution >= 0.6 is 11.6 Å². The maximum absolute atomic E-state index is 11.3. The molecule has 0 radical (unpaired) electrons. The zero-order chi connectivity index (χ0) is 13.1. The van der Waals surface area contributed by atoms with Crippen LogP contribution in [0.25, 0.3) is 0 Å². The number of hydrogen-bond donors (Lipinski definition) is 1. The number of aromatic nitrogens is 1. The molecule has 1 fully saturated rings. The van der Waals surface area contributed by atoms with E-state index in [1.54, 1.807) is 11.0 Å². The van der Waals surface area contributed by atoms with E-state index >= 15 is 0 Å². The molecule has 96 valence electrons. The lowest BCUT2D eigenvalue weighted by Gasteiger charge is -2.16. The van der Waals surface area contributed by atoms with Gasteiger partial charge < -0.3 is 15.4 Å². The molecule has 1 aromatic rings. The Balaban J connectivity index is 2.13. The van der Waals surface area contributed by atoms with Gasteiger partial charge in [0.2, 0.25) is 0 Å². The molecule has 0 saturated carbocycles. The first-order valence-electron chi connectivity index (χ1n) is 5.28. The van der Waals surface area contributed by atoms with Crippen LogP contribution in [0.4, 0.5) is 0 Å². The fourth-order valence-corrected chi connectivity index (χ4v) is 1.87. The summed E-state index contributed by atoms with van der Waals surface area (Å²) >= 11 is 5.62. The summed E-state index contributed by atoms with van der Waals surface area (Å²) in [7, 11) is 0. The molecule has 2 heterocycles. The van der Waals surface area contributed by atoms with Gasteiger partial charge in [0.05, 0.1) is 11.5 Å². The van der Waals surface area contributed by atoms with Crippen LogP contribution in [0.5, 0.6) is 0 Å². The molecule has 1 N–H and O–H groups in total. The number of nitrogens with zero attached hydrogens (tertiary/aromatic N) is 3. The minimum atomic E-state index is -0.504. The first-order chi connectivity index (χ1) is 8.56. The van der Waals surface area contributed by atoms with E-state index in [2.05, 4.69) is 5.32 Å². The molecule has 1 aliphatic heterocycles. The van der Waals surface area contributed by atoms with Crippen LogP contribution in [-0.2, 0) is 6.54 Å². The molecule has 0 aromatic carbocycles. The van der Waals surface area contributed by atoms with Crippen molar-refractivity contribution in [3.63, 3.8) is 0 Å². The van der Waals surface area contributed by atoms with Crippen LogP contribution in [-0.4, -0.2) is 22.9 Å². The molecular weight excluding hydrogens is 260 g/mol. The largest absolute Gasteiger partial charge is 0.618 e. The molecule has 2 rings (SSSR count). The van der Waals surface area contributed by atoms with E-state index in [1.165, 1.54) is 12.3 Å². The molecule has 0 atom stereocenters. The van der Waals surface area contributed by atoms with Crippen LogP contribution in [0, 0.1) is 15.3 Å². The fourth-order valence-electron chi connectivity index (χ4n) is 1.76. The Bertz CT molecular complexity index is 506. The standard InChI is InChI=1S/C10H11ClN4O3/c11-9-2-1-8(6-14(9)16)5-13-4-3-12-10(13)7-15(17)18/h1-2,6-7,12H,3-5H2. The topological polar surface area (TPSA) is 85.4 Å². The summed E-state index contributed by atoms with van der Waals surface area (Å²) < 4.78 is 0.567. The monoisotopic (exact) mass is 270 g/mol.